The van der Waals surface area contributed by atoms with Gasteiger partial charge in [0.1, 0.15) is 11.9 Å². The Kier molecular flexibility index (Phi) is 7.94. The van der Waals surface area contributed by atoms with Gasteiger partial charge < -0.3 is 15.0 Å². The third-order valence-electron chi connectivity index (χ3n) is 5.52. The average molecular weight is 483 g/mol. The molecule has 0 aliphatic carbocycles. The highest BCUT2D eigenvalue weighted by Gasteiger charge is 2.37. The van der Waals surface area contributed by atoms with Crippen molar-refractivity contribution >= 4 is 22.5 Å². The minimum Gasteiger partial charge on any atom is -0.484 e. The topological polar surface area (TPSA) is 59.4 Å². The first-order chi connectivity index (χ1) is 16.5. The molecule has 0 spiro atoms. The van der Waals surface area contributed by atoms with Crippen LogP contribution in [0, 0.1) is 5.92 Å². The van der Waals surface area contributed by atoms with E-state index in [0.717, 1.165) is 22.2 Å². The van der Waals surface area contributed by atoms with Crippen LogP contribution in [0.3, 0.4) is 0 Å². The molecular weight excluding hydrogens is 450 g/mol. The lowest BCUT2D eigenvalue weighted by molar-refractivity contribution is -0.145. The van der Waals surface area contributed by atoms with E-state index in [1.165, 1.54) is 0 Å². The number of carbonyl (C=O) groups excluding carboxylic acids is 1. The van der Waals surface area contributed by atoms with E-state index in [9.17, 15) is 13.6 Å². The summed E-state index contributed by atoms with van der Waals surface area (Å²) in [4.78, 5) is 14.1. The third kappa shape index (κ3) is 6.26. The van der Waals surface area contributed by atoms with Crippen molar-refractivity contribution in [1.29, 1.82) is 0 Å². The minimum atomic E-state index is -3.50. The molecule has 35 heavy (non-hydrogen) atoms. The summed E-state index contributed by atoms with van der Waals surface area (Å²) in [6.45, 7) is 8.19. The molecule has 0 aliphatic heterocycles. The lowest BCUT2D eigenvalue weighted by Crippen LogP contribution is -2.49. The van der Waals surface area contributed by atoms with Crippen molar-refractivity contribution in [3.05, 3.63) is 79.1 Å². The number of benzene rings is 2. The van der Waals surface area contributed by atoms with E-state index in [1.807, 2.05) is 81.5 Å². The predicted octanol–water partition coefficient (Wildman–Crippen LogP) is 5.50. The van der Waals surface area contributed by atoms with E-state index in [4.69, 9.17) is 4.74 Å². The zero-order chi connectivity index (χ0) is 25.8. The fourth-order valence-electron chi connectivity index (χ4n) is 3.76. The summed E-state index contributed by atoms with van der Waals surface area (Å²) in [6, 6.07) is 14.1. The molecule has 2 atom stereocenters. The molecular formula is C27H32F2N4O2. The molecule has 0 saturated heterocycles. The van der Waals surface area contributed by atoms with Crippen LogP contribution in [0.2, 0.25) is 0 Å². The molecule has 2 aromatic carbocycles. The fraction of sp³-hybridized carbons (Fsp3) is 0.333. The van der Waals surface area contributed by atoms with Gasteiger partial charge in [-0.1, -0.05) is 50.8 Å². The number of halogens is 2. The summed E-state index contributed by atoms with van der Waals surface area (Å²) < 4.78 is 35.6. The number of rotatable bonds is 10. The molecule has 3 aromatic rings. The number of carbonyl (C=O) groups is 1. The normalized spacial score (nSPS) is 14.0. The molecule has 6 nitrogen and oxygen atoms in total. The van der Waals surface area contributed by atoms with E-state index in [-0.39, 0.29) is 5.92 Å². The molecule has 8 heteroatoms. The summed E-state index contributed by atoms with van der Waals surface area (Å²) in [5.41, 5.74) is 2.44. The number of ether oxygens (including phenoxy) is 1. The van der Waals surface area contributed by atoms with Gasteiger partial charge in [0.25, 0.3) is 5.91 Å². The van der Waals surface area contributed by atoms with Crippen molar-refractivity contribution in [3.63, 3.8) is 0 Å². The minimum absolute atomic E-state index is 0.177. The molecule has 1 N–H and O–H groups in total. The van der Waals surface area contributed by atoms with Crippen molar-refractivity contribution in [3.8, 4) is 5.75 Å². The highest BCUT2D eigenvalue weighted by Crippen LogP contribution is 2.31. The number of fused-ring (bicyclic) bond motifs is 1. The second-order valence-corrected chi connectivity index (χ2v) is 9.08. The summed E-state index contributed by atoms with van der Waals surface area (Å²) in [6.07, 6.45) is 4.68. The molecule has 0 fully saturated rings. The Bertz CT molecular complexity index is 1200. The van der Waals surface area contributed by atoms with E-state index >= 15 is 0 Å². The monoisotopic (exact) mass is 482 g/mol. The number of nitrogens with zero attached hydrogens (tertiary/aromatic N) is 3. The van der Waals surface area contributed by atoms with Crippen molar-refractivity contribution in [2.45, 2.75) is 38.8 Å². The molecule has 0 saturated carbocycles. The molecule has 0 aliphatic rings. The first-order valence-electron chi connectivity index (χ1n) is 11.4. The molecule has 0 radical (unpaired) electrons. The maximum atomic E-state index is 13.7. The second kappa shape index (κ2) is 10.7. The van der Waals surface area contributed by atoms with Crippen LogP contribution in [-0.2, 0) is 4.79 Å². The fourth-order valence-corrected chi connectivity index (χ4v) is 3.76. The Morgan fingerprint density at radius 1 is 1.20 bits per heavy atom. The van der Waals surface area contributed by atoms with Gasteiger partial charge in [-0.3, -0.25) is 4.79 Å². The van der Waals surface area contributed by atoms with Gasteiger partial charge in [0.2, 0.25) is 0 Å². The highest BCUT2D eigenvalue weighted by atomic mass is 19.3. The smallest absolute Gasteiger partial charge is 0.321 e. The van der Waals surface area contributed by atoms with E-state index in [0.29, 0.717) is 12.7 Å². The summed E-state index contributed by atoms with van der Waals surface area (Å²) in [5.74, 6) is -4.47. The Morgan fingerprint density at radius 3 is 2.46 bits per heavy atom. The molecule has 0 bridgehead atoms. The van der Waals surface area contributed by atoms with Crippen LogP contribution in [0.25, 0.3) is 16.6 Å². The van der Waals surface area contributed by atoms with E-state index in [2.05, 4.69) is 17.0 Å². The zero-order valence-electron chi connectivity index (χ0n) is 20.7. The molecule has 1 heterocycles. The first-order valence-corrected chi connectivity index (χ1v) is 11.4. The maximum Gasteiger partial charge on any atom is 0.321 e. The first kappa shape index (κ1) is 25.9. The standard InChI is InChI=1S/C27H32F2N4O2/c1-7-21(17-32(5)6)33-23-14-13-22(15-20(23)16-30-33)35-25(19-11-9-8-10-12-19)24(18(2)3)31-26(34)27(4,28)29/h7-18,24-25H,1H2,2-6H3,(H,31,34)/b21-17+/t24-,25+/m0/s1. The Balaban J connectivity index is 1.99. The lowest BCUT2D eigenvalue weighted by Gasteiger charge is -2.32. The van der Waals surface area contributed by atoms with Gasteiger partial charge in [0, 0.05) is 32.6 Å². The van der Waals surface area contributed by atoms with Crippen LogP contribution >= 0.6 is 0 Å². The van der Waals surface area contributed by atoms with Crippen LogP contribution in [0.5, 0.6) is 5.75 Å². The Labute approximate surface area is 204 Å². The SMILES string of the molecule is C=C/C(=C\N(C)C)n1ncc2cc(O[C@H](c3ccccc3)[C@@H](NC(=O)C(C)(F)F)C(C)C)ccc21. The van der Waals surface area contributed by atoms with Crippen LogP contribution in [0.15, 0.2) is 73.6 Å². The molecule has 3 rings (SSSR count). The van der Waals surface area contributed by atoms with Crippen molar-refractivity contribution < 1.29 is 18.3 Å². The number of aromatic nitrogens is 2. The molecule has 186 valence electrons. The number of hydrogen-bond donors (Lipinski definition) is 1. The van der Waals surface area contributed by atoms with Crippen molar-refractivity contribution in [2.24, 2.45) is 5.92 Å². The average Bonchev–Trinajstić information content (AvgIpc) is 3.22. The zero-order valence-corrected chi connectivity index (χ0v) is 20.7. The van der Waals surface area contributed by atoms with Gasteiger partial charge >= 0.3 is 5.92 Å². The molecule has 1 aromatic heterocycles. The van der Waals surface area contributed by atoms with Crippen LogP contribution < -0.4 is 10.1 Å². The number of alkyl halides is 2. The van der Waals surface area contributed by atoms with Gasteiger partial charge in [-0.05, 0) is 35.8 Å². The van der Waals surface area contributed by atoms with Gasteiger partial charge in [-0.25, -0.2) is 4.68 Å². The highest BCUT2D eigenvalue weighted by molar-refractivity contribution is 5.84. The van der Waals surface area contributed by atoms with Gasteiger partial charge in [0.15, 0.2) is 0 Å². The van der Waals surface area contributed by atoms with Gasteiger partial charge in [0.05, 0.1) is 23.5 Å². The van der Waals surface area contributed by atoms with Gasteiger partial charge in [-0.2, -0.15) is 13.9 Å². The number of nitrogens with one attached hydrogen (secondary N) is 1. The van der Waals surface area contributed by atoms with Crippen LogP contribution in [-0.4, -0.2) is 46.6 Å². The quantitative estimate of drug-likeness (QED) is 0.388. The lowest BCUT2D eigenvalue weighted by atomic mass is 9.92. The predicted molar refractivity (Wildman–Crippen MR) is 135 cm³/mol. The number of amides is 1. The Morgan fingerprint density at radius 2 is 1.89 bits per heavy atom. The molecule has 1 amide bonds. The molecule has 0 unspecified atom stereocenters. The number of allylic oxidation sites excluding steroid dienone is 2. The third-order valence-corrected chi connectivity index (χ3v) is 5.52. The maximum absolute atomic E-state index is 13.7. The Hall–Kier alpha value is -3.68. The van der Waals surface area contributed by atoms with Gasteiger partial charge in [-0.15, -0.1) is 0 Å². The summed E-state index contributed by atoms with van der Waals surface area (Å²) >= 11 is 0. The largest absolute Gasteiger partial charge is 0.484 e. The summed E-state index contributed by atoms with van der Waals surface area (Å²) in [5, 5.41) is 7.82. The van der Waals surface area contributed by atoms with Crippen LogP contribution in [0.1, 0.15) is 32.4 Å². The van der Waals surface area contributed by atoms with E-state index < -0.39 is 24.0 Å². The van der Waals surface area contributed by atoms with Crippen molar-refractivity contribution in [1.82, 2.24) is 20.0 Å². The second-order valence-electron chi connectivity index (χ2n) is 9.08. The summed E-state index contributed by atoms with van der Waals surface area (Å²) in [7, 11) is 3.84. The van der Waals surface area contributed by atoms with Crippen molar-refractivity contribution in [2.75, 3.05) is 14.1 Å². The van der Waals surface area contributed by atoms with E-state index in [1.54, 1.807) is 23.0 Å². The van der Waals surface area contributed by atoms with Crippen LogP contribution in [0.4, 0.5) is 8.78 Å². The number of hydrogen-bond acceptors (Lipinski definition) is 4.